The van der Waals surface area contributed by atoms with Crippen molar-refractivity contribution < 1.29 is 9.59 Å². The Hall–Kier alpha value is -2.20. The van der Waals surface area contributed by atoms with Crippen LogP contribution in [-0.4, -0.2) is 29.3 Å². The van der Waals surface area contributed by atoms with E-state index in [1.165, 1.54) is 4.90 Å². The van der Waals surface area contributed by atoms with Gasteiger partial charge in [0.1, 0.15) is 0 Å². The number of benzene rings is 2. The van der Waals surface area contributed by atoms with Gasteiger partial charge in [-0.3, -0.25) is 14.5 Å². The maximum Gasteiger partial charge on any atom is 0.261 e. The molecule has 0 aromatic heterocycles. The molecule has 0 aliphatic carbocycles. The Morgan fingerprint density at radius 3 is 2.05 bits per heavy atom. The van der Waals surface area contributed by atoms with E-state index in [2.05, 4.69) is 0 Å². The Morgan fingerprint density at radius 1 is 1.05 bits per heavy atom. The molecule has 1 unspecified atom stereocenters. The zero-order valence-corrected chi connectivity index (χ0v) is 10.6. The second kappa shape index (κ2) is 4.17. The molecule has 2 aromatic carbocycles. The van der Waals surface area contributed by atoms with Gasteiger partial charge in [0.2, 0.25) is 0 Å². The maximum atomic E-state index is 12.4. The molecule has 1 aliphatic heterocycles. The minimum Gasteiger partial charge on any atom is -0.326 e. The summed E-state index contributed by atoms with van der Waals surface area (Å²) in [6, 6.07) is 10.8. The van der Waals surface area contributed by atoms with Crippen LogP contribution in [0, 0.1) is 0 Å². The predicted molar refractivity (Wildman–Crippen MR) is 73.0 cm³/mol. The summed E-state index contributed by atoms with van der Waals surface area (Å²) in [5, 5.41) is 1.66. The largest absolute Gasteiger partial charge is 0.326 e. The molecule has 4 nitrogen and oxygen atoms in total. The minimum absolute atomic E-state index is 0.238. The van der Waals surface area contributed by atoms with Crippen molar-refractivity contribution >= 4 is 22.6 Å². The second-order valence-corrected chi connectivity index (χ2v) is 4.91. The summed E-state index contributed by atoms with van der Waals surface area (Å²) >= 11 is 0. The Labute approximate surface area is 110 Å². The molecule has 2 aromatic rings. The fraction of sp³-hybridized carbons (Fsp3) is 0.200. The number of amides is 2. The van der Waals surface area contributed by atoms with Gasteiger partial charge in [-0.05, 0) is 24.4 Å². The Kier molecular flexibility index (Phi) is 2.61. The zero-order chi connectivity index (χ0) is 13.6. The fourth-order valence-corrected chi connectivity index (χ4v) is 2.53. The number of nitrogens with two attached hydrogens (primary N) is 1. The number of hydrogen-bond donors (Lipinski definition) is 1. The van der Waals surface area contributed by atoms with Crippen LogP contribution in [0.3, 0.4) is 0 Å². The number of carbonyl (C=O) groups excluding carboxylic acids is 2. The van der Waals surface area contributed by atoms with Gasteiger partial charge in [0, 0.05) is 29.1 Å². The first-order chi connectivity index (χ1) is 9.09. The van der Waals surface area contributed by atoms with Crippen LogP contribution in [0.25, 0.3) is 10.8 Å². The van der Waals surface area contributed by atoms with E-state index in [-0.39, 0.29) is 24.4 Å². The third-order valence-corrected chi connectivity index (χ3v) is 3.33. The standard InChI is InChI=1S/C15H14N2O2/c1-9(16)8-17-14(18)11-6-2-4-10-5-3-7-12(13(10)11)15(17)19/h2-7,9H,8,16H2,1H3. The number of hydrogen-bond acceptors (Lipinski definition) is 3. The molecule has 96 valence electrons. The van der Waals surface area contributed by atoms with Gasteiger partial charge in [0.15, 0.2) is 0 Å². The molecule has 0 bridgehead atoms. The van der Waals surface area contributed by atoms with E-state index in [0.29, 0.717) is 11.1 Å². The van der Waals surface area contributed by atoms with Gasteiger partial charge in [-0.2, -0.15) is 0 Å². The van der Waals surface area contributed by atoms with Crippen LogP contribution < -0.4 is 5.73 Å². The van der Waals surface area contributed by atoms with Crippen LogP contribution >= 0.6 is 0 Å². The van der Waals surface area contributed by atoms with Gasteiger partial charge in [0.25, 0.3) is 11.8 Å². The molecule has 1 atom stereocenters. The first-order valence-corrected chi connectivity index (χ1v) is 6.23. The summed E-state index contributed by atoms with van der Waals surface area (Å²) in [5.74, 6) is -0.516. The first-order valence-electron chi connectivity index (χ1n) is 6.23. The van der Waals surface area contributed by atoms with Gasteiger partial charge in [0.05, 0.1) is 0 Å². The molecule has 4 heteroatoms. The SMILES string of the molecule is CC(N)CN1C(=O)c2cccc3cccc(c23)C1=O. The van der Waals surface area contributed by atoms with Crippen molar-refractivity contribution in [2.75, 3.05) is 6.54 Å². The van der Waals surface area contributed by atoms with Crippen LogP contribution in [0.15, 0.2) is 36.4 Å². The summed E-state index contributed by atoms with van der Waals surface area (Å²) < 4.78 is 0. The third-order valence-electron chi connectivity index (χ3n) is 3.33. The molecule has 1 aliphatic rings. The summed E-state index contributed by atoms with van der Waals surface area (Å²) in [5.41, 5.74) is 6.87. The van der Waals surface area contributed by atoms with Gasteiger partial charge >= 0.3 is 0 Å². The van der Waals surface area contributed by atoms with Crippen molar-refractivity contribution in [1.29, 1.82) is 0 Å². The van der Waals surface area contributed by atoms with Crippen molar-refractivity contribution in [2.24, 2.45) is 5.73 Å². The molecule has 0 radical (unpaired) electrons. The van der Waals surface area contributed by atoms with Crippen molar-refractivity contribution in [3.05, 3.63) is 47.5 Å². The zero-order valence-electron chi connectivity index (χ0n) is 10.6. The summed E-state index contributed by atoms with van der Waals surface area (Å²) in [6.45, 7) is 2.02. The molecule has 0 spiro atoms. The maximum absolute atomic E-state index is 12.4. The highest BCUT2D eigenvalue weighted by molar-refractivity contribution is 6.25. The molecule has 19 heavy (non-hydrogen) atoms. The summed E-state index contributed by atoms with van der Waals surface area (Å²) in [7, 11) is 0. The van der Waals surface area contributed by atoms with Gasteiger partial charge < -0.3 is 5.73 Å². The molecule has 2 amide bonds. The lowest BCUT2D eigenvalue weighted by Crippen LogP contribution is -2.45. The summed E-state index contributed by atoms with van der Waals surface area (Å²) in [6.07, 6.45) is 0. The average Bonchev–Trinajstić information content (AvgIpc) is 2.40. The molecular formula is C15H14N2O2. The minimum atomic E-state index is -0.258. The Morgan fingerprint density at radius 2 is 1.58 bits per heavy atom. The van der Waals surface area contributed by atoms with E-state index in [4.69, 9.17) is 5.73 Å². The smallest absolute Gasteiger partial charge is 0.261 e. The van der Waals surface area contributed by atoms with Crippen LogP contribution in [0.4, 0.5) is 0 Å². The Bertz CT molecular complexity index is 641. The van der Waals surface area contributed by atoms with Gasteiger partial charge in [-0.15, -0.1) is 0 Å². The third kappa shape index (κ3) is 1.72. The number of carbonyl (C=O) groups is 2. The average molecular weight is 254 g/mol. The van der Waals surface area contributed by atoms with Crippen molar-refractivity contribution in [2.45, 2.75) is 13.0 Å². The van der Waals surface area contributed by atoms with Crippen LogP contribution in [0.1, 0.15) is 27.6 Å². The van der Waals surface area contributed by atoms with E-state index in [1.54, 1.807) is 19.1 Å². The number of imide groups is 1. The van der Waals surface area contributed by atoms with Crippen molar-refractivity contribution in [3.63, 3.8) is 0 Å². The van der Waals surface area contributed by atoms with Crippen LogP contribution in [-0.2, 0) is 0 Å². The predicted octanol–water partition coefficient (Wildman–Crippen LogP) is 1.78. The molecular weight excluding hydrogens is 240 g/mol. The highest BCUT2D eigenvalue weighted by Gasteiger charge is 2.32. The van der Waals surface area contributed by atoms with E-state index >= 15 is 0 Å². The van der Waals surface area contributed by atoms with E-state index < -0.39 is 0 Å². The molecule has 0 saturated carbocycles. The molecule has 0 saturated heterocycles. The van der Waals surface area contributed by atoms with Gasteiger partial charge in [-0.25, -0.2) is 0 Å². The number of rotatable bonds is 2. The molecule has 0 fully saturated rings. The lowest BCUT2D eigenvalue weighted by atomic mass is 9.94. The highest BCUT2D eigenvalue weighted by Crippen LogP contribution is 2.29. The molecule has 2 N–H and O–H groups in total. The van der Waals surface area contributed by atoms with Crippen LogP contribution in [0.2, 0.25) is 0 Å². The summed E-state index contributed by atoms with van der Waals surface area (Å²) in [4.78, 5) is 26.0. The molecule has 3 rings (SSSR count). The monoisotopic (exact) mass is 254 g/mol. The lowest BCUT2D eigenvalue weighted by molar-refractivity contribution is 0.0603. The topological polar surface area (TPSA) is 63.4 Å². The molecule has 1 heterocycles. The normalized spacial score (nSPS) is 16.0. The first kappa shape index (κ1) is 11.9. The highest BCUT2D eigenvalue weighted by atomic mass is 16.2. The van der Waals surface area contributed by atoms with Crippen molar-refractivity contribution in [1.82, 2.24) is 4.90 Å². The van der Waals surface area contributed by atoms with Gasteiger partial charge in [-0.1, -0.05) is 24.3 Å². The van der Waals surface area contributed by atoms with Crippen LogP contribution in [0.5, 0.6) is 0 Å². The second-order valence-electron chi connectivity index (χ2n) is 4.91. The quantitative estimate of drug-likeness (QED) is 0.831. The Balaban J connectivity index is 2.25. The van der Waals surface area contributed by atoms with E-state index in [0.717, 1.165) is 10.8 Å². The van der Waals surface area contributed by atoms with Crippen molar-refractivity contribution in [3.8, 4) is 0 Å². The fourth-order valence-electron chi connectivity index (χ4n) is 2.53. The number of nitrogens with zero attached hydrogens (tertiary/aromatic N) is 1. The lowest BCUT2D eigenvalue weighted by Gasteiger charge is -2.28. The van der Waals surface area contributed by atoms with E-state index in [9.17, 15) is 9.59 Å². The van der Waals surface area contributed by atoms with E-state index in [1.807, 2.05) is 24.3 Å².